The molecular formula is C16H26N2S2. The summed E-state index contributed by atoms with van der Waals surface area (Å²) in [7, 11) is 0. The van der Waals surface area contributed by atoms with Gasteiger partial charge in [-0.3, -0.25) is 0 Å². The van der Waals surface area contributed by atoms with Gasteiger partial charge < -0.3 is 10.6 Å². The van der Waals surface area contributed by atoms with Crippen LogP contribution in [0.1, 0.15) is 39.7 Å². The Bertz CT molecular complexity index is 446. The molecule has 2 nitrogen and oxygen atoms in total. The van der Waals surface area contributed by atoms with Crippen LogP contribution in [0.4, 0.5) is 5.69 Å². The van der Waals surface area contributed by atoms with Crippen LogP contribution in [0.2, 0.25) is 0 Å². The second-order valence-corrected chi connectivity index (χ2v) is 6.75. The number of anilines is 1. The second-order valence-electron chi connectivity index (χ2n) is 5.00. The topological polar surface area (TPSA) is 29.3 Å². The SMILES string of the molecule is CCSc1cccc(N(CC)CC(C)CC)c1C(N)=S. The number of hydrogen-bond acceptors (Lipinski definition) is 3. The Hall–Kier alpha value is -0.740. The zero-order valence-electron chi connectivity index (χ0n) is 13.0. The molecule has 2 N–H and O–H groups in total. The summed E-state index contributed by atoms with van der Waals surface area (Å²) in [6.45, 7) is 10.9. The van der Waals surface area contributed by atoms with Crippen LogP contribution in [0, 0.1) is 5.92 Å². The van der Waals surface area contributed by atoms with Crippen molar-refractivity contribution in [2.75, 3.05) is 23.7 Å². The monoisotopic (exact) mass is 310 g/mol. The number of benzene rings is 1. The summed E-state index contributed by atoms with van der Waals surface area (Å²) in [5, 5.41) is 0. The molecule has 0 aliphatic heterocycles. The third kappa shape index (κ3) is 4.38. The van der Waals surface area contributed by atoms with Crippen molar-refractivity contribution < 1.29 is 0 Å². The maximum absolute atomic E-state index is 5.99. The summed E-state index contributed by atoms with van der Waals surface area (Å²) in [4.78, 5) is 4.09. The molecule has 0 aromatic heterocycles. The van der Waals surface area contributed by atoms with E-state index in [0.29, 0.717) is 10.9 Å². The molecular weight excluding hydrogens is 284 g/mol. The van der Waals surface area contributed by atoms with Gasteiger partial charge in [-0.15, -0.1) is 11.8 Å². The van der Waals surface area contributed by atoms with Crippen LogP contribution >= 0.6 is 24.0 Å². The molecule has 0 heterocycles. The first-order valence-corrected chi connectivity index (χ1v) is 8.74. The first kappa shape index (κ1) is 17.3. The zero-order valence-corrected chi connectivity index (χ0v) is 14.6. The van der Waals surface area contributed by atoms with Crippen LogP contribution in [0.15, 0.2) is 23.1 Å². The molecule has 0 saturated heterocycles. The fourth-order valence-electron chi connectivity index (χ4n) is 2.21. The van der Waals surface area contributed by atoms with Crippen molar-refractivity contribution in [3.63, 3.8) is 0 Å². The largest absolute Gasteiger partial charge is 0.389 e. The van der Waals surface area contributed by atoms with Gasteiger partial charge in [-0.1, -0.05) is 45.5 Å². The molecule has 112 valence electrons. The highest BCUT2D eigenvalue weighted by molar-refractivity contribution is 7.99. The van der Waals surface area contributed by atoms with E-state index < -0.39 is 0 Å². The Morgan fingerprint density at radius 3 is 2.55 bits per heavy atom. The molecule has 1 aromatic carbocycles. The van der Waals surface area contributed by atoms with E-state index in [1.54, 1.807) is 11.8 Å². The maximum atomic E-state index is 5.99. The summed E-state index contributed by atoms with van der Waals surface area (Å²) in [5.41, 5.74) is 8.21. The molecule has 20 heavy (non-hydrogen) atoms. The first-order chi connectivity index (χ1) is 9.54. The van der Waals surface area contributed by atoms with Gasteiger partial charge in [-0.2, -0.15) is 0 Å². The van der Waals surface area contributed by atoms with Crippen LogP contribution < -0.4 is 10.6 Å². The van der Waals surface area contributed by atoms with Crippen molar-refractivity contribution in [1.29, 1.82) is 0 Å². The molecule has 1 atom stereocenters. The number of thiocarbonyl (C=S) groups is 1. The molecule has 1 unspecified atom stereocenters. The summed E-state index contributed by atoms with van der Waals surface area (Å²) in [5.74, 6) is 1.69. The van der Waals surface area contributed by atoms with Crippen molar-refractivity contribution >= 4 is 34.7 Å². The smallest absolute Gasteiger partial charge is 0.107 e. The highest BCUT2D eigenvalue weighted by atomic mass is 32.2. The van der Waals surface area contributed by atoms with Crippen molar-refractivity contribution in [2.24, 2.45) is 11.7 Å². The lowest BCUT2D eigenvalue weighted by Crippen LogP contribution is -2.30. The third-order valence-corrected chi connectivity index (χ3v) is 4.65. The molecule has 0 radical (unpaired) electrons. The van der Waals surface area contributed by atoms with E-state index in [1.165, 1.54) is 17.0 Å². The van der Waals surface area contributed by atoms with Crippen LogP contribution in [-0.4, -0.2) is 23.8 Å². The minimum atomic E-state index is 0.499. The molecule has 0 aliphatic carbocycles. The number of hydrogen-bond donors (Lipinski definition) is 1. The van der Waals surface area contributed by atoms with Crippen LogP contribution in [0.3, 0.4) is 0 Å². The van der Waals surface area contributed by atoms with Crippen LogP contribution in [0.5, 0.6) is 0 Å². The molecule has 0 amide bonds. The lowest BCUT2D eigenvalue weighted by Gasteiger charge is -2.29. The minimum absolute atomic E-state index is 0.499. The van der Waals surface area contributed by atoms with E-state index in [1.807, 2.05) is 0 Å². The zero-order chi connectivity index (χ0) is 15.1. The number of nitrogens with zero attached hydrogens (tertiary/aromatic N) is 1. The van der Waals surface area contributed by atoms with Crippen molar-refractivity contribution in [3.8, 4) is 0 Å². The molecule has 0 spiro atoms. The van der Waals surface area contributed by atoms with Gasteiger partial charge >= 0.3 is 0 Å². The average Bonchev–Trinajstić information content (AvgIpc) is 2.44. The number of nitrogens with two attached hydrogens (primary N) is 1. The fourth-order valence-corrected chi connectivity index (χ4v) is 3.33. The Balaban J connectivity index is 3.20. The molecule has 0 aliphatic rings. The third-order valence-electron chi connectivity index (χ3n) is 3.50. The Morgan fingerprint density at radius 2 is 2.05 bits per heavy atom. The number of thioether (sulfide) groups is 1. The molecule has 0 fully saturated rings. The van der Waals surface area contributed by atoms with Gasteiger partial charge in [0.25, 0.3) is 0 Å². The predicted octanol–water partition coefficient (Wildman–Crippen LogP) is 4.31. The highest BCUT2D eigenvalue weighted by Crippen LogP contribution is 2.31. The average molecular weight is 311 g/mol. The highest BCUT2D eigenvalue weighted by Gasteiger charge is 2.17. The Morgan fingerprint density at radius 1 is 1.35 bits per heavy atom. The van der Waals surface area contributed by atoms with Gasteiger partial charge in [0.2, 0.25) is 0 Å². The van der Waals surface area contributed by atoms with Crippen molar-refractivity contribution in [2.45, 2.75) is 39.0 Å². The van der Waals surface area contributed by atoms with E-state index in [9.17, 15) is 0 Å². The van der Waals surface area contributed by atoms with Gasteiger partial charge in [0.05, 0.1) is 0 Å². The summed E-state index contributed by atoms with van der Waals surface area (Å²) >= 11 is 7.10. The number of rotatable bonds is 8. The van der Waals surface area contributed by atoms with Crippen LogP contribution in [-0.2, 0) is 0 Å². The van der Waals surface area contributed by atoms with Gasteiger partial charge in [0.15, 0.2) is 0 Å². The molecule has 4 heteroatoms. The van der Waals surface area contributed by atoms with Crippen molar-refractivity contribution in [3.05, 3.63) is 23.8 Å². The normalized spacial score (nSPS) is 12.2. The van der Waals surface area contributed by atoms with Gasteiger partial charge in [-0.25, -0.2) is 0 Å². The van der Waals surface area contributed by atoms with E-state index in [-0.39, 0.29) is 0 Å². The minimum Gasteiger partial charge on any atom is -0.389 e. The van der Waals surface area contributed by atoms with Crippen LogP contribution in [0.25, 0.3) is 0 Å². The van der Waals surface area contributed by atoms with E-state index in [4.69, 9.17) is 18.0 Å². The first-order valence-electron chi connectivity index (χ1n) is 7.35. The molecule has 0 saturated carbocycles. The van der Waals surface area contributed by atoms with Gasteiger partial charge in [0, 0.05) is 29.2 Å². The fraction of sp³-hybridized carbons (Fsp3) is 0.562. The lowest BCUT2D eigenvalue weighted by atomic mass is 10.1. The Labute approximate surface area is 133 Å². The van der Waals surface area contributed by atoms with Crippen molar-refractivity contribution in [1.82, 2.24) is 0 Å². The molecule has 1 aromatic rings. The Kier molecular flexibility index (Phi) is 7.38. The maximum Gasteiger partial charge on any atom is 0.107 e. The molecule has 0 bridgehead atoms. The summed E-state index contributed by atoms with van der Waals surface area (Å²) in [6.07, 6.45) is 1.18. The van der Waals surface area contributed by atoms with Gasteiger partial charge in [-0.05, 0) is 30.7 Å². The van der Waals surface area contributed by atoms with Gasteiger partial charge in [0.1, 0.15) is 4.99 Å². The predicted molar refractivity (Wildman–Crippen MR) is 96.1 cm³/mol. The van der Waals surface area contributed by atoms with E-state index in [0.717, 1.165) is 24.4 Å². The molecule has 1 rings (SSSR count). The quantitative estimate of drug-likeness (QED) is 0.572. The summed E-state index contributed by atoms with van der Waals surface area (Å²) < 4.78 is 0. The van der Waals surface area contributed by atoms with E-state index >= 15 is 0 Å². The summed E-state index contributed by atoms with van der Waals surface area (Å²) in [6, 6.07) is 6.36. The second kappa shape index (κ2) is 8.53. The lowest BCUT2D eigenvalue weighted by molar-refractivity contribution is 0.548. The standard InChI is InChI=1S/C16H26N2S2/c1-5-12(4)11-18(6-2)13-9-8-10-14(20-7-3)15(13)16(17)19/h8-10,12H,5-7,11H2,1-4H3,(H2,17,19). The van der Waals surface area contributed by atoms with E-state index in [2.05, 4.69) is 50.8 Å².